The van der Waals surface area contributed by atoms with Gasteiger partial charge in [0, 0.05) is 25.4 Å². The zero-order valence-electron chi connectivity index (χ0n) is 17.5. The fourth-order valence-corrected chi connectivity index (χ4v) is 4.12. The molecule has 1 heterocycles. The molecule has 3 aromatic rings. The van der Waals surface area contributed by atoms with Crippen molar-refractivity contribution in [1.29, 1.82) is 0 Å². The lowest BCUT2D eigenvalue weighted by Crippen LogP contribution is -2.23. The van der Waals surface area contributed by atoms with Crippen LogP contribution in [0.1, 0.15) is 21.7 Å². The molecule has 0 radical (unpaired) electrons. The minimum atomic E-state index is -3.79. The van der Waals surface area contributed by atoms with Gasteiger partial charge in [0.25, 0.3) is 5.91 Å². The van der Waals surface area contributed by atoms with Gasteiger partial charge in [0.15, 0.2) is 0 Å². The van der Waals surface area contributed by atoms with Crippen LogP contribution < -0.4 is 10.1 Å². The highest BCUT2D eigenvalue weighted by atomic mass is 32.2. The number of anilines is 1. The van der Waals surface area contributed by atoms with E-state index in [0.29, 0.717) is 11.4 Å². The van der Waals surface area contributed by atoms with Crippen LogP contribution in [-0.4, -0.2) is 49.6 Å². The third kappa shape index (κ3) is 4.07. The van der Waals surface area contributed by atoms with Crippen molar-refractivity contribution in [2.75, 3.05) is 26.5 Å². The van der Waals surface area contributed by atoms with E-state index in [9.17, 15) is 13.2 Å². The van der Waals surface area contributed by atoms with Crippen LogP contribution in [0.2, 0.25) is 0 Å². The summed E-state index contributed by atoms with van der Waals surface area (Å²) in [6, 6.07) is 13.5. The molecule has 0 saturated heterocycles. The van der Waals surface area contributed by atoms with E-state index in [2.05, 4.69) is 10.4 Å². The summed E-state index contributed by atoms with van der Waals surface area (Å²) in [5.74, 6) is -0.273. The van der Waals surface area contributed by atoms with Crippen LogP contribution in [0, 0.1) is 13.8 Å². The monoisotopic (exact) mass is 428 g/mol. The molecule has 2 aromatic carbocycles. The summed E-state index contributed by atoms with van der Waals surface area (Å²) < 4.78 is 33.3. The number of hydrogen-bond donors (Lipinski definition) is 1. The van der Waals surface area contributed by atoms with Gasteiger partial charge < -0.3 is 10.1 Å². The SMILES string of the molecule is COc1ccc(C(=O)Nc2ccccc2-n2nc(C)cc2C)cc1S(=O)(=O)N(C)C. The molecule has 0 saturated carbocycles. The number of rotatable bonds is 6. The molecule has 158 valence electrons. The number of hydrogen-bond acceptors (Lipinski definition) is 5. The Labute approximate surface area is 176 Å². The molecular formula is C21H24N4O4S. The zero-order valence-corrected chi connectivity index (χ0v) is 18.3. The van der Waals surface area contributed by atoms with Crippen molar-refractivity contribution in [3.63, 3.8) is 0 Å². The number of ether oxygens (including phenoxy) is 1. The number of para-hydroxylation sites is 2. The highest BCUT2D eigenvalue weighted by Crippen LogP contribution is 2.28. The summed E-state index contributed by atoms with van der Waals surface area (Å²) >= 11 is 0. The largest absolute Gasteiger partial charge is 0.495 e. The van der Waals surface area contributed by atoms with E-state index in [0.717, 1.165) is 15.7 Å². The minimum absolute atomic E-state index is 0.0746. The first-order valence-corrected chi connectivity index (χ1v) is 10.6. The summed E-state index contributed by atoms with van der Waals surface area (Å²) in [6.07, 6.45) is 0. The Morgan fingerprint density at radius 1 is 1.10 bits per heavy atom. The summed E-state index contributed by atoms with van der Waals surface area (Å²) in [5.41, 5.74) is 3.26. The quantitative estimate of drug-likeness (QED) is 0.651. The van der Waals surface area contributed by atoms with E-state index in [1.807, 2.05) is 32.0 Å². The molecule has 3 rings (SSSR count). The van der Waals surface area contributed by atoms with Crippen molar-refractivity contribution in [3.8, 4) is 11.4 Å². The van der Waals surface area contributed by atoms with E-state index in [4.69, 9.17) is 4.74 Å². The van der Waals surface area contributed by atoms with Gasteiger partial charge in [0.1, 0.15) is 10.6 Å². The van der Waals surface area contributed by atoms with Gasteiger partial charge in [-0.05, 0) is 50.2 Å². The van der Waals surface area contributed by atoms with Gasteiger partial charge in [0.05, 0.1) is 24.2 Å². The summed E-state index contributed by atoms with van der Waals surface area (Å²) in [6.45, 7) is 3.83. The average Bonchev–Trinajstić information content (AvgIpc) is 3.05. The second-order valence-electron chi connectivity index (χ2n) is 6.96. The van der Waals surface area contributed by atoms with Crippen molar-refractivity contribution in [3.05, 3.63) is 65.5 Å². The maximum absolute atomic E-state index is 12.9. The normalized spacial score (nSPS) is 11.5. The Morgan fingerprint density at radius 2 is 1.80 bits per heavy atom. The third-order valence-electron chi connectivity index (χ3n) is 4.57. The van der Waals surface area contributed by atoms with Gasteiger partial charge >= 0.3 is 0 Å². The van der Waals surface area contributed by atoms with Crippen molar-refractivity contribution in [2.45, 2.75) is 18.7 Å². The maximum atomic E-state index is 12.9. The molecule has 0 bridgehead atoms. The highest BCUT2D eigenvalue weighted by Gasteiger charge is 2.24. The molecule has 1 aromatic heterocycles. The van der Waals surface area contributed by atoms with Gasteiger partial charge in [-0.2, -0.15) is 5.10 Å². The lowest BCUT2D eigenvalue weighted by molar-refractivity contribution is 0.102. The second kappa shape index (κ2) is 8.29. The van der Waals surface area contributed by atoms with Gasteiger partial charge in [-0.25, -0.2) is 17.4 Å². The standard InChI is InChI=1S/C21H24N4O4S/c1-14-12-15(2)25(23-14)18-9-7-6-8-17(18)22-21(26)16-10-11-19(29-5)20(13-16)30(27,28)24(3)4/h6-13H,1-5H3,(H,22,26). The van der Waals surface area contributed by atoms with E-state index in [-0.39, 0.29) is 16.2 Å². The molecule has 1 amide bonds. The van der Waals surface area contributed by atoms with E-state index < -0.39 is 15.9 Å². The number of carbonyl (C=O) groups excluding carboxylic acids is 1. The average molecular weight is 429 g/mol. The smallest absolute Gasteiger partial charge is 0.255 e. The molecule has 0 spiro atoms. The van der Waals surface area contributed by atoms with Crippen LogP contribution in [0.5, 0.6) is 5.75 Å². The van der Waals surface area contributed by atoms with E-state index in [1.165, 1.54) is 39.4 Å². The number of amides is 1. The third-order valence-corrected chi connectivity index (χ3v) is 6.41. The lowest BCUT2D eigenvalue weighted by atomic mass is 10.2. The van der Waals surface area contributed by atoms with Crippen LogP contribution in [0.25, 0.3) is 5.69 Å². The summed E-state index contributed by atoms with van der Waals surface area (Å²) in [7, 11) is 0.441. The highest BCUT2D eigenvalue weighted by molar-refractivity contribution is 7.89. The first kappa shape index (κ1) is 21.5. The lowest BCUT2D eigenvalue weighted by Gasteiger charge is -2.16. The molecule has 30 heavy (non-hydrogen) atoms. The number of sulfonamides is 1. The molecule has 0 aliphatic carbocycles. The number of carbonyl (C=O) groups is 1. The Morgan fingerprint density at radius 3 is 2.40 bits per heavy atom. The topological polar surface area (TPSA) is 93.5 Å². The van der Waals surface area contributed by atoms with Crippen LogP contribution in [0.3, 0.4) is 0 Å². The Bertz CT molecular complexity index is 1200. The summed E-state index contributed by atoms with van der Waals surface area (Å²) in [5, 5.41) is 7.33. The molecule has 0 aliphatic rings. The molecule has 0 atom stereocenters. The van der Waals surface area contributed by atoms with Gasteiger partial charge in [0.2, 0.25) is 10.0 Å². The Hall–Kier alpha value is -3.17. The Kier molecular flexibility index (Phi) is 5.95. The van der Waals surface area contributed by atoms with Crippen molar-refractivity contribution < 1.29 is 17.9 Å². The first-order valence-electron chi connectivity index (χ1n) is 9.19. The zero-order chi connectivity index (χ0) is 22.1. The molecular weight excluding hydrogens is 404 g/mol. The van der Waals surface area contributed by atoms with Gasteiger partial charge in [-0.3, -0.25) is 4.79 Å². The maximum Gasteiger partial charge on any atom is 0.255 e. The number of aryl methyl sites for hydroxylation is 2. The molecule has 8 nitrogen and oxygen atoms in total. The molecule has 0 fully saturated rings. The second-order valence-corrected chi connectivity index (χ2v) is 9.08. The van der Waals surface area contributed by atoms with Crippen LogP contribution >= 0.6 is 0 Å². The number of nitrogens with zero attached hydrogens (tertiary/aromatic N) is 3. The predicted octanol–water partition coefficient (Wildman–Crippen LogP) is 3.00. The van der Waals surface area contributed by atoms with E-state index in [1.54, 1.807) is 16.8 Å². The molecule has 1 N–H and O–H groups in total. The fraction of sp³-hybridized carbons (Fsp3) is 0.238. The van der Waals surface area contributed by atoms with Crippen LogP contribution in [0.4, 0.5) is 5.69 Å². The molecule has 0 unspecified atom stereocenters. The fourth-order valence-electron chi connectivity index (χ4n) is 3.05. The minimum Gasteiger partial charge on any atom is -0.495 e. The van der Waals surface area contributed by atoms with Crippen molar-refractivity contribution in [1.82, 2.24) is 14.1 Å². The van der Waals surface area contributed by atoms with Gasteiger partial charge in [-0.1, -0.05) is 12.1 Å². The van der Waals surface area contributed by atoms with Crippen molar-refractivity contribution >= 4 is 21.6 Å². The predicted molar refractivity (Wildman–Crippen MR) is 115 cm³/mol. The van der Waals surface area contributed by atoms with Crippen LogP contribution in [0.15, 0.2) is 53.4 Å². The van der Waals surface area contributed by atoms with Crippen LogP contribution in [-0.2, 0) is 10.0 Å². The number of aromatic nitrogens is 2. The molecule has 0 aliphatic heterocycles. The first-order chi connectivity index (χ1) is 14.1. The Balaban J connectivity index is 2.00. The number of nitrogens with one attached hydrogen (secondary N) is 1. The van der Waals surface area contributed by atoms with Crippen molar-refractivity contribution in [2.24, 2.45) is 0 Å². The molecule has 9 heteroatoms. The number of methoxy groups -OCH3 is 1. The summed E-state index contributed by atoms with van der Waals surface area (Å²) in [4.78, 5) is 12.9. The van der Waals surface area contributed by atoms with E-state index >= 15 is 0 Å². The van der Waals surface area contributed by atoms with Gasteiger partial charge in [-0.15, -0.1) is 0 Å². The number of benzene rings is 2.